The molecule has 7 nitrogen and oxygen atoms in total. The minimum absolute atomic E-state index is 0.136. The summed E-state index contributed by atoms with van der Waals surface area (Å²) in [5.41, 5.74) is 3.02. The summed E-state index contributed by atoms with van der Waals surface area (Å²) < 4.78 is 5.45. The van der Waals surface area contributed by atoms with Gasteiger partial charge in [0.2, 0.25) is 5.96 Å². The Balaban J connectivity index is 1.47. The van der Waals surface area contributed by atoms with Crippen molar-refractivity contribution in [1.82, 2.24) is 10.2 Å². The molecule has 2 aromatic rings. The first-order valence-corrected chi connectivity index (χ1v) is 9.90. The highest BCUT2D eigenvalue weighted by atomic mass is 32.1. The predicted octanol–water partition coefficient (Wildman–Crippen LogP) is 2.08. The van der Waals surface area contributed by atoms with Crippen LogP contribution < -0.4 is 10.2 Å². The lowest BCUT2D eigenvalue weighted by Gasteiger charge is -2.31. The number of anilines is 1. The number of rotatable bonds is 2. The maximum absolute atomic E-state index is 12.5. The average Bonchev–Trinajstić information content (AvgIpc) is 3.41. The number of morpholine rings is 1. The van der Waals surface area contributed by atoms with Crippen LogP contribution >= 0.6 is 11.3 Å². The number of carbonyl (C=O) groups excluding carboxylic acids is 1. The van der Waals surface area contributed by atoms with Gasteiger partial charge in [-0.2, -0.15) is 0 Å². The van der Waals surface area contributed by atoms with Crippen molar-refractivity contribution in [3.05, 3.63) is 46.2 Å². The molecule has 4 heterocycles. The van der Waals surface area contributed by atoms with Crippen LogP contribution in [0.4, 0.5) is 11.4 Å². The van der Waals surface area contributed by atoms with Gasteiger partial charge in [0.1, 0.15) is 5.84 Å². The van der Waals surface area contributed by atoms with Crippen LogP contribution in [0, 0.1) is 0 Å². The van der Waals surface area contributed by atoms with E-state index in [2.05, 4.69) is 27.3 Å². The lowest BCUT2D eigenvalue weighted by Crippen LogP contribution is -2.47. The average molecular weight is 381 g/mol. The lowest BCUT2D eigenvalue weighted by molar-refractivity contribution is 0.0978. The number of fused-ring (bicyclic) bond motifs is 3. The van der Waals surface area contributed by atoms with Crippen LogP contribution in [0.3, 0.4) is 0 Å². The number of amidine groups is 1. The van der Waals surface area contributed by atoms with Crippen LogP contribution in [0.2, 0.25) is 0 Å². The normalized spacial score (nSPS) is 18.5. The van der Waals surface area contributed by atoms with Crippen LogP contribution in [0.5, 0.6) is 0 Å². The summed E-state index contributed by atoms with van der Waals surface area (Å²) >= 11 is 1.42. The van der Waals surface area contributed by atoms with Crippen molar-refractivity contribution in [2.24, 2.45) is 9.98 Å². The molecule has 3 aliphatic heterocycles. The minimum atomic E-state index is -0.136. The molecule has 1 saturated heterocycles. The molecule has 5 rings (SSSR count). The van der Waals surface area contributed by atoms with E-state index >= 15 is 0 Å². The summed E-state index contributed by atoms with van der Waals surface area (Å²) in [5, 5.41) is 4.84. The zero-order chi connectivity index (χ0) is 18.2. The van der Waals surface area contributed by atoms with Gasteiger partial charge in [-0.25, -0.2) is 4.99 Å². The van der Waals surface area contributed by atoms with Gasteiger partial charge in [-0.05, 0) is 29.6 Å². The Morgan fingerprint density at radius 3 is 2.89 bits per heavy atom. The van der Waals surface area contributed by atoms with Gasteiger partial charge in [0.25, 0.3) is 5.91 Å². The van der Waals surface area contributed by atoms with Gasteiger partial charge in [0.15, 0.2) is 0 Å². The maximum atomic E-state index is 12.5. The topological polar surface area (TPSA) is 69.5 Å². The van der Waals surface area contributed by atoms with Gasteiger partial charge in [-0.1, -0.05) is 6.07 Å². The molecule has 1 fully saturated rings. The van der Waals surface area contributed by atoms with E-state index in [1.54, 1.807) is 0 Å². The summed E-state index contributed by atoms with van der Waals surface area (Å²) in [4.78, 5) is 26.8. The fourth-order valence-corrected chi connectivity index (χ4v) is 4.16. The number of nitrogens with zero attached hydrogens (tertiary/aromatic N) is 4. The van der Waals surface area contributed by atoms with Crippen molar-refractivity contribution in [2.75, 3.05) is 44.3 Å². The molecule has 1 amide bonds. The van der Waals surface area contributed by atoms with Crippen molar-refractivity contribution < 1.29 is 9.53 Å². The molecular weight excluding hydrogens is 362 g/mol. The molecule has 3 aliphatic rings. The lowest BCUT2D eigenvalue weighted by atomic mass is 10.1. The molecule has 0 spiro atoms. The van der Waals surface area contributed by atoms with Crippen LogP contribution in [-0.4, -0.2) is 62.0 Å². The summed E-state index contributed by atoms with van der Waals surface area (Å²) in [6.45, 7) is 4.70. The maximum Gasteiger partial charge on any atom is 0.268 e. The predicted molar refractivity (Wildman–Crippen MR) is 106 cm³/mol. The summed E-state index contributed by atoms with van der Waals surface area (Å²) in [6, 6.07) is 9.92. The zero-order valence-corrected chi connectivity index (χ0v) is 15.5. The molecule has 138 valence electrons. The van der Waals surface area contributed by atoms with Crippen molar-refractivity contribution >= 4 is 40.4 Å². The monoisotopic (exact) mass is 381 g/mol. The number of nitrogens with one attached hydrogen (secondary N) is 1. The fraction of sp³-hybridized carbons (Fsp3) is 0.316. The Kier molecular flexibility index (Phi) is 4.14. The van der Waals surface area contributed by atoms with Crippen molar-refractivity contribution in [1.29, 1.82) is 0 Å². The number of carbonyl (C=O) groups is 1. The molecule has 0 radical (unpaired) electrons. The number of ether oxygens (including phenoxy) is 1. The SMILES string of the molecule is O=C(NC1=Nc2ccc(N3CCOCC3)cc2C2=NCCN12)c1cccs1. The quantitative estimate of drug-likeness (QED) is 0.865. The van der Waals surface area contributed by atoms with Gasteiger partial charge in [-0.3, -0.25) is 20.0 Å². The Hall–Kier alpha value is -2.71. The van der Waals surface area contributed by atoms with Crippen LogP contribution in [0.15, 0.2) is 45.7 Å². The molecule has 1 aromatic heterocycles. The second-order valence-electron chi connectivity index (χ2n) is 6.52. The molecular formula is C19H19N5O2S. The zero-order valence-electron chi connectivity index (χ0n) is 14.7. The number of amides is 1. The molecule has 0 aliphatic carbocycles. The van der Waals surface area contributed by atoms with E-state index < -0.39 is 0 Å². The van der Waals surface area contributed by atoms with E-state index in [9.17, 15) is 4.79 Å². The Morgan fingerprint density at radius 1 is 1.19 bits per heavy atom. The Labute approximate surface area is 161 Å². The molecule has 27 heavy (non-hydrogen) atoms. The third-order valence-electron chi connectivity index (χ3n) is 4.89. The summed E-state index contributed by atoms with van der Waals surface area (Å²) in [7, 11) is 0. The minimum Gasteiger partial charge on any atom is -0.378 e. The smallest absolute Gasteiger partial charge is 0.268 e. The van der Waals surface area contributed by atoms with Gasteiger partial charge in [-0.15, -0.1) is 11.3 Å². The van der Waals surface area contributed by atoms with E-state index in [0.717, 1.165) is 55.6 Å². The van der Waals surface area contributed by atoms with E-state index in [4.69, 9.17) is 9.73 Å². The number of hydrogen-bond donors (Lipinski definition) is 1. The fourth-order valence-electron chi connectivity index (χ4n) is 3.54. The highest BCUT2D eigenvalue weighted by Crippen LogP contribution is 2.32. The summed E-state index contributed by atoms with van der Waals surface area (Å²) in [5.74, 6) is 1.30. The van der Waals surface area contributed by atoms with Gasteiger partial charge < -0.3 is 9.64 Å². The van der Waals surface area contributed by atoms with Crippen molar-refractivity contribution in [2.45, 2.75) is 0 Å². The van der Waals surface area contributed by atoms with Crippen LogP contribution in [0.1, 0.15) is 15.2 Å². The standard InChI is InChI=1S/C19H19N5O2S/c25-18(16-2-1-11-27-16)22-19-21-15-4-3-13(23-7-9-26-10-8-23)12-14(15)17-20-5-6-24(17)19/h1-4,11-12H,5-10H2,(H,21,22,25). The highest BCUT2D eigenvalue weighted by Gasteiger charge is 2.31. The molecule has 1 aromatic carbocycles. The molecule has 1 N–H and O–H groups in total. The number of benzene rings is 1. The first-order valence-electron chi connectivity index (χ1n) is 9.02. The first-order chi connectivity index (χ1) is 13.3. The van der Waals surface area contributed by atoms with Crippen molar-refractivity contribution in [3.63, 3.8) is 0 Å². The third kappa shape index (κ3) is 3.00. The van der Waals surface area contributed by atoms with Crippen LogP contribution in [0.25, 0.3) is 0 Å². The number of thiophene rings is 1. The second-order valence-corrected chi connectivity index (χ2v) is 7.47. The molecule has 0 bridgehead atoms. The largest absolute Gasteiger partial charge is 0.378 e. The molecule has 0 unspecified atom stereocenters. The number of hydrogen-bond acceptors (Lipinski definition) is 7. The van der Waals surface area contributed by atoms with Gasteiger partial charge in [0.05, 0.1) is 30.3 Å². The van der Waals surface area contributed by atoms with Crippen LogP contribution in [-0.2, 0) is 4.74 Å². The Morgan fingerprint density at radius 2 is 2.07 bits per heavy atom. The first kappa shape index (κ1) is 16.5. The Bertz CT molecular complexity index is 932. The van der Waals surface area contributed by atoms with Gasteiger partial charge in [0, 0.05) is 30.9 Å². The van der Waals surface area contributed by atoms with E-state index in [-0.39, 0.29) is 5.91 Å². The third-order valence-corrected chi connectivity index (χ3v) is 5.76. The van der Waals surface area contributed by atoms with E-state index in [1.807, 2.05) is 28.5 Å². The van der Waals surface area contributed by atoms with Gasteiger partial charge >= 0.3 is 0 Å². The van der Waals surface area contributed by atoms with E-state index in [1.165, 1.54) is 11.3 Å². The van der Waals surface area contributed by atoms with Crippen molar-refractivity contribution in [3.8, 4) is 0 Å². The van der Waals surface area contributed by atoms with E-state index in [0.29, 0.717) is 17.4 Å². The summed E-state index contributed by atoms with van der Waals surface area (Å²) in [6.07, 6.45) is 0. The highest BCUT2D eigenvalue weighted by molar-refractivity contribution is 7.12. The second kappa shape index (κ2) is 6.79. The molecule has 8 heteroatoms. The number of guanidine groups is 1. The molecule has 0 saturated carbocycles. The number of aliphatic imine (C=N–C) groups is 2. The molecule has 0 atom stereocenters.